The predicted octanol–water partition coefficient (Wildman–Crippen LogP) is 3.43. The molecule has 3 rings (SSSR count). The SMILES string of the molecule is Cc1nc(CSc2n[nH]c(-c3cccs3)n2)oc1C. The van der Waals surface area contributed by atoms with Crippen LogP contribution in [-0.4, -0.2) is 20.2 Å². The van der Waals surface area contributed by atoms with Crippen LogP contribution in [0, 0.1) is 13.8 Å². The Kier molecular flexibility index (Phi) is 3.39. The lowest BCUT2D eigenvalue weighted by atomic mass is 10.4. The van der Waals surface area contributed by atoms with Gasteiger partial charge in [-0.15, -0.1) is 16.4 Å². The molecule has 0 unspecified atom stereocenters. The standard InChI is InChI=1S/C12H12N4OS2/c1-7-8(2)17-10(13-7)6-19-12-14-11(15-16-12)9-4-3-5-18-9/h3-5H,6H2,1-2H3,(H,14,15,16). The first kappa shape index (κ1) is 12.4. The summed E-state index contributed by atoms with van der Waals surface area (Å²) in [5.41, 5.74) is 0.935. The molecule has 0 aliphatic carbocycles. The number of H-pyrrole nitrogens is 1. The van der Waals surface area contributed by atoms with E-state index in [-0.39, 0.29) is 0 Å². The highest BCUT2D eigenvalue weighted by atomic mass is 32.2. The summed E-state index contributed by atoms with van der Waals surface area (Å²) in [6, 6.07) is 4.01. The van der Waals surface area contributed by atoms with Gasteiger partial charge in [0.25, 0.3) is 0 Å². The van der Waals surface area contributed by atoms with E-state index in [1.54, 1.807) is 11.3 Å². The first-order valence-electron chi connectivity index (χ1n) is 5.74. The van der Waals surface area contributed by atoms with Gasteiger partial charge in [-0.25, -0.2) is 9.97 Å². The van der Waals surface area contributed by atoms with Gasteiger partial charge in [-0.3, -0.25) is 5.10 Å². The Morgan fingerprint density at radius 2 is 2.26 bits per heavy atom. The van der Waals surface area contributed by atoms with Gasteiger partial charge < -0.3 is 4.42 Å². The highest BCUT2D eigenvalue weighted by Crippen LogP contribution is 2.25. The Balaban J connectivity index is 1.67. The number of nitrogens with zero attached hydrogens (tertiary/aromatic N) is 3. The van der Waals surface area contributed by atoms with Crippen molar-refractivity contribution in [2.75, 3.05) is 0 Å². The summed E-state index contributed by atoms with van der Waals surface area (Å²) in [7, 11) is 0. The zero-order chi connectivity index (χ0) is 13.2. The van der Waals surface area contributed by atoms with E-state index in [1.807, 2.05) is 31.4 Å². The van der Waals surface area contributed by atoms with E-state index in [4.69, 9.17) is 4.42 Å². The molecule has 0 saturated heterocycles. The molecule has 0 aromatic carbocycles. The van der Waals surface area contributed by atoms with Crippen molar-refractivity contribution in [3.05, 3.63) is 34.9 Å². The Labute approximate surface area is 118 Å². The van der Waals surface area contributed by atoms with Crippen LogP contribution in [0.15, 0.2) is 27.1 Å². The molecular weight excluding hydrogens is 280 g/mol. The van der Waals surface area contributed by atoms with Crippen LogP contribution < -0.4 is 0 Å². The number of thioether (sulfide) groups is 1. The minimum Gasteiger partial charge on any atom is -0.445 e. The van der Waals surface area contributed by atoms with Crippen molar-refractivity contribution in [2.24, 2.45) is 0 Å². The molecule has 0 radical (unpaired) electrons. The summed E-state index contributed by atoms with van der Waals surface area (Å²) in [4.78, 5) is 9.85. The summed E-state index contributed by atoms with van der Waals surface area (Å²) in [5, 5.41) is 9.84. The first-order valence-corrected chi connectivity index (χ1v) is 7.61. The molecule has 19 heavy (non-hydrogen) atoms. The normalized spacial score (nSPS) is 11.1. The summed E-state index contributed by atoms with van der Waals surface area (Å²) in [5.74, 6) is 3.01. The van der Waals surface area contributed by atoms with Crippen LogP contribution in [-0.2, 0) is 5.75 Å². The predicted molar refractivity (Wildman–Crippen MR) is 75.2 cm³/mol. The Hall–Kier alpha value is -1.60. The summed E-state index contributed by atoms with van der Waals surface area (Å²) in [6.45, 7) is 3.85. The molecule has 3 heterocycles. The van der Waals surface area contributed by atoms with Gasteiger partial charge in [-0.1, -0.05) is 17.8 Å². The maximum Gasteiger partial charge on any atom is 0.209 e. The summed E-state index contributed by atoms with van der Waals surface area (Å²) >= 11 is 3.14. The number of aryl methyl sites for hydroxylation is 2. The average molecular weight is 292 g/mol. The third kappa shape index (κ3) is 2.71. The number of rotatable bonds is 4. The van der Waals surface area contributed by atoms with Gasteiger partial charge in [0.1, 0.15) is 5.76 Å². The Morgan fingerprint density at radius 1 is 1.37 bits per heavy atom. The number of nitrogens with one attached hydrogen (secondary N) is 1. The number of oxazole rings is 1. The van der Waals surface area contributed by atoms with Gasteiger partial charge in [-0.2, -0.15) is 0 Å². The van der Waals surface area contributed by atoms with Crippen LogP contribution in [0.4, 0.5) is 0 Å². The van der Waals surface area contributed by atoms with Gasteiger partial charge >= 0.3 is 0 Å². The lowest BCUT2D eigenvalue weighted by Crippen LogP contribution is -1.82. The quantitative estimate of drug-likeness (QED) is 0.746. The lowest BCUT2D eigenvalue weighted by Gasteiger charge is -1.91. The number of hydrogen-bond donors (Lipinski definition) is 1. The van der Waals surface area contributed by atoms with E-state index in [9.17, 15) is 0 Å². The van der Waals surface area contributed by atoms with E-state index in [1.165, 1.54) is 11.8 Å². The van der Waals surface area contributed by atoms with Crippen molar-refractivity contribution in [3.8, 4) is 10.7 Å². The molecule has 3 aromatic heterocycles. The molecule has 0 bridgehead atoms. The molecule has 0 aliphatic heterocycles. The fraction of sp³-hybridized carbons (Fsp3) is 0.250. The van der Waals surface area contributed by atoms with E-state index < -0.39 is 0 Å². The molecule has 3 aromatic rings. The zero-order valence-electron chi connectivity index (χ0n) is 10.5. The highest BCUT2D eigenvalue weighted by Gasteiger charge is 2.10. The van der Waals surface area contributed by atoms with Crippen LogP contribution in [0.25, 0.3) is 10.7 Å². The molecule has 0 amide bonds. The second-order valence-electron chi connectivity index (χ2n) is 3.98. The van der Waals surface area contributed by atoms with Crippen LogP contribution in [0.2, 0.25) is 0 Å². The number of thiophene rings is 1. The van der Waals surface area contributed by atoms with Crippen molar-refractivity contribution < 1.29 is 4.42 Å². The lowest BCUT2D eigenvalue weighted by molar-refractivity contribution is 0.489. The van der Waals surface area contributed by atoms with Crippen LogP contribution in [0.3, 0.4) is 0 Å². The number of aromatic amines is 1. The minimum atomic E-state index is 0.635. The maximum atomic E-state index is 5.52. The zero-order valence-corrected chi connectivity index (χ0v) is 12.1. The van der Waals surface area contributed by atoms with Crippen molar-refractivity contribution in [1.29, 1.82) is 0 Å². The second-order valence-corrected chi connectivity index (χ2v) is 5.87. The monoisotopic (exact) mass is 292 g/mol. The van der Waals surface area contributed by atoms with Gasteiger partial charge in [0, 0.05) is 0 Å². The highest BCUT2D eigenvalue weighted by molar-refractivity contribution is 7.98. The van der Waals surface area contributed by atoms with Crippen LogP contribution in [0.1, 0.15) is 17.3 Å². The molecule has 0 fully saturated rings. The minimum absolute atomic E-state index is 0.635. The Morgan fingerprint density at radius 3 is 2.95 bits per heavy atom. The first-order chi connectivity index (χ1) is 9.22. The fourth-order valence-electron chi connectivity index (χ4n) is 1.56. The second kappa shape index (κ2) is 5.18. The van der Waals surface area contributed by atoms with E-state index in [0.717, 1.165) is 22.2 Å². The molecule has 0 saturated carbocycles. The Bertz CT molecular complexity index is 652. The van der Waals surface area contributed by atoms with Crippen LogP contribution >= 0.6 is 23.1 Å². The molecule has 5 nitrogen and oxygen atoms in total. The molecule has 0 aliphatic rings. The molecule has 7 heteroatoms. The maximum absolute atomic E-state index is 5.52. The average Bonchev–Trinajstić information content (AvgIpc) is 3.09. The third-order valence-corrected chi connectivity index (χ3v) is 4.33. The van der Waals surface area contributed by atoms with E-state index in [0.29, 0.717) is 16.8 Å². The van der Waals surface area contributed by atoms with Gasteiger partial charge in [-0.05, 0) is 25.3 Å². The van der Waals surface area contributed by atoms with Crippen molar-refractivity contribution in [2.45, 2.75) is 24.8 Å². The van der Waals surface area contributed by atoms with Crippen molar-refractivity contribution in [3.63, 3.8) is 0 Å². The smallest absolute Gasteiger partial charge is 0.209 e. The largest absolute Gasteiger partial charge is 0.445 e. The third-order valence-electron chi connectivity index (χ3n) is 2.62. The number of hydrogen-bond acceptors (Lipinski definition) is 6. The molecule has 0 spiro atoms. The van der Waals surface area contributed by atoms with Gasteiger partial charge in [0.15, 0.2) is 5.82 Å². The molecular formula is C12H12N4OS2. The molecule has 98 valence electrons. The fourth-order valence-corrected chi connectivity index (χ4v) is 2.87. The summed E-state index contributed by atoms with van der Waals surface area (Å²) < 4.78 is 5.52. The van der Waals surface area contributed by atoms with E-state index >= 15 is 0 Å². The summed E-state index contributed by atoms with van der Waals surface area (Å²) in [6.07, 6.45) is 0. The van der Waals surface area contributed by atoms with Crippen LogP contribution in [0.5, 0.6) is 0 Å². The van der Waals surface area contributed by atoms with Crippen molar-refractivity contribution in [1.82, 2.24) is 20.2 Å². The van der Waals surface area contributed by atoms with Crippen molar-refractivity contribution >= 4 is 23.1 Å². The van der Waals surface area contributed by atoms with Gasteiger partial charge in [0.2, 0.25) is 11.0 Å². The number of aromatic nitrogens is 4. The van der Waals surface area contributed by atoms with Gasteiger partial charge in [0.05, 0.1) is 16.3 Å². The molecule has 1 N–H and O–H groups in total. The molecule has 0 atom stereocenters. The topological polar surface area (TPSA) is 67.6 Å². The van der Waals surface area contributed by atoms with E-state index in [2.05, 4.69) is 20.2 Å².